The van der Waals surface area contributed by atoms with Crippen molar-refractivity contribution in [3.63, 3.8) is 0 Å². The lowest BCUT2D eigenvalue weighted by Gasteiger charge is -2.21. The van der Waals surface area contributed by atoms with E-state index < -0.39 is 10.5 Å². The molecule has 0 aliphatic heterocycles. The molecule has 0 fully saturated rings. The van der Waals surface area contributed by atoms with Crippen molar-refractivity contribution in [2.24, 2.45) is 0 Å². The molecule has 1 aromatic rings. The van der Waals surface area contributed by atoms with Crippen molar-refractivity contribution in [2.45, 2.75) is 11.4 Å². The molecule has 0 N–H and O–H groups in total. The summed E-state index contributed by atoms with van der Waals surface area (Å²) < 4.78 is 2.97. The normalized spacial score (nSPS) is 11.1. The topological polar surface area (TPSA) is 26.3 Å². The van der Waals surface area contributed by atoms with Crippen molar-refractivity contribution < 1.29 is 9.53 Å². The Bertz CT molecular complexity index is 469. The molecule has 0 saturated carbocycles. The Morgan fingerprint density at radius 1 is 1.35 bits per heavy atom. The van der Waals surface area contributed by atoms with Crippen molar-refractivity contribution >= 4 is 52.4 Å². The zero-order valence-corrected chi connectivity index (χ0v) is 11.8. The van der Waals surface area contributed by atoms with Gasteiger partial charge in [-0.25, -0.2) is 4.79 Å². The zero-order chi connectivity index (χ0) is 13.2. The molecule has 17 heavy (non-hydrogen) atoms. The summed E-state index contributed by atoms with van der Waals surface area (Å²) in [5.41, 5.74) is 0.374. The molecule has 0 aliphatic rings. The number of rotatable bonds is 3. The molecule has 0 aliphatic carbocycles. The third-order valence-corrected chi connectivity index (χ3v) is 3.21. The van der Waals surface area contributed by atoms with Gasteiger partial charge in [-0.1, -0.05) is 65.1 Å². The molecule has 0 unspecified atom stereocenters. The van der Waals surface area contributed by atoms with Gasteiger partial charge in [0, 0.05) is 11.1 Å². The summed E-state index contributed by atoms with van der Waals surface area (Å²) in [6.07, 6.45) is 0. The Hall–Kier alpha value is -0.410. The number of esters is 1. The van der Waals surface area contributed by atoms with Crippen LogP contribution in [0.4, 0.5) is 0 Å². The molecule has 0 amide bonds. The average Bonchev–Trinajstić information content (AvgIpc) is 2.21. The molecule has 2 nitrogen and oxygen atoms in total. The summed E-state index contributed by atoms with van der Waals surface area (Å²) >= 11 is 23.6. The third kappa shape index (κ3) is 3.52. The Kier molecular flexibility index (Phi) is 4.73. The number of benzene rings is 1. The quantitative estimate of drug-likeness (QED) is 0.459. The molecule has 0 atom stereocenters. The molecule has 0 radical (unpaired) electrons. The Balaban J connectivity index is 3.09. The van der Waals surface area contributed by atoms with Gasteiger partial charge in [-0.3, -0.25) is 0 Å². The molecular weight excluding hydrogens is 306 g/mol. The fraction of sp³-hybridized carbons (Fsp3) is 0.182. The van der Waals surface area contributed by atoms with E-state index in [0.717, 1.165) is 0 Å². The molecule has 0 bridgehead atoms. The largest absolute Gasteiger partial charge is 0.421 e. The molecule has 92 valence electrons. The fourth-order valence-electron chi connectivity index (χ4n) is 0.987. The first-order chi connectivity index (χ1) is 7.75. The predicted octanol–water partition coefficient (Wildman–Crippen LogP) is 4.70. The number of alkyl halides is 2. The second kappa shape index (κ2) is 5.49. The summed E-state index contributed by atoms with van der Waals surface area (Å²) in [5, 5.41) is 0.398. The molecule has 0 heterocycles. The second-order valence-corrected chi connectivity index (χ2v) is 5.33. The number of carbonyl (C=O) groups excluding carboxylic acids is 1. The van der Waals surface area contributed by atoms with Crippen LogP contribution < -0.4 is 0 Å². The molecule has 1 aromatic carbocycles. The fourth-order valence-corrected chi connectivity index (χ4v) is 1.97. The van der Waals surface area contributed by atoms with E-state index in [2.05, 4.69) is 6.58 Å². The van der Waals surface area contributed by atoms with E-state index >= 15 is 0 Å². The van der Waals surface area contributed by atoms with Crippen LogP contribution in [-0.4, -0.2) is 5.97 Å². The summed E-state index contributed by atoms with van der Waals surface area (Å²) in [4.78, 5) is 11.4. The van der Waals surface area contributed by atoms with Crippen molar-refractivity contribution in [2.75, 3.05) is 0 Å². The highest BCUT2D eigenvalue weighted by Crippen LogP contribution is 2.41. The molecule has 0 spiro atoms. The van der Waals surface area contributed by atoms with Gasteiger partial charge in [0.15, 0.2) is 0 Å². The van der Waals surface area contributed by atoms with Crippen LogP contribution in [0.15, 0.2) is 30.4 Å². The lowest BCUT2D eigenvalue weighted by molar-refractivity contribution is -0.143. The van der Waals surface area contributed by atoms with Crippen molar-refractivity contribution in [3.8, 4) is 0 Å². The van der Waals surface area contributed by atoms with Gasteiger partial charge in [0.05, 0.1) is 10.0 Å². The number of hydrogen-bond acceptors (Lipinski definition) is 2. The predicted molar refractivity (Wildman–Crippen MR) is 70.8 cm³/mol. The van der Waals surface area contributed by atoms with Crippen LogP contribution >= 0.6 is 46.4 Å². The summed E-state index contributed by atoms with van der Waals surface area (Å²) in [6.45, 7) is 4.90. The Morgan fingerprint density at radius 3 is 2.47 bits per heavy atom. The molecule has 6 heteroatoms. The van der Waals surface area contributed by atoms with E-state index in [-0.39, 0.29) is 21.2 Å². The third-order valence-electron chi connectivity index (χ3n) is 1.83. The van der Waals surface area contributed by atoms with Gasteiger partial charge < -0.3 is 4.74 Å². The van der Waals surface area contributed by atoms with Gasteiger partial charge in [-0.15, -0.1) is 0 Å². The van der Waals surface area contributed by atoms with E-state index in [1.807, 2.05) is 0 Å². The molecule has 1 rings (SSSR count). The van der Waals surface area contributed by atoms with Crippen molar-refractivity contribution in [3.05, 3.63) is 46.0 Å². The smallest absolute Gasteiger partial charge is 0.336 e. The van der Waals surface area contributed by atoms with Gasteiger partial charge >= 0.3 is 5.97 Å². The van der Waals surface area contributed by atoms with E-state index in [9.17, 15) is 4.79 Å². The van der Waals surface area contributed by atoms with E-state index in [1.54, 1.807) is 12.1 Å². The van der Waals surface area contributed by atoms with Gasteiger partial charge in [-0.05, 0) is 13.0 Å². The van der Waals surface area contributed by atoms with Crippen molar-refractivity contribution in [1.29, 1.82) is 0 Å². The van der Waals surface area contributed by atoms with E-state index in [1.165, 1.54) is 13.0 Å². The number of hydrogen-bond donors (Lipinski definition) is 0. The molecule has 0 saturated heterocycles. The maximum atomic E-state index is 11.4. The first kappa shape index (κ1) is 14.7. The van der Waals surface area contributed by atoms with Crippen LogP contribution in [0.3, 0.4) is 0 Å². The van der Waals surface area contributed by atoms with Crippen LogP contribution in [0.2, 0.25) is 10.0 Å². The van der Waals surface area contributed by atoms with E-state index in [4.69, 9.17) is 51.1 Å². The lowest BCUT2D eigenvalue weighted by Crippen LogP contribution is -2.21. The van der Waals surface area contributed by atoms with Crippen LogP contribution in [0, 0.1) is 0 Å². The van der Waals surface area contributed by atoms with Crippen LogP contribution in [0.1, 0.15) is 12.5 Å². The summed E-state index contributed by atoms with van der Waals surface area (Å²) in [7, 11) is 0. The number of halogens is 4. The van der Waals surface area contributed by atoms with E-state index in [0.29, 0.717) is 0 Å². The van der Waals surface area contributed by atoms with Crippen LogP contribution in [-0.2, 0) is 14.1 Å². The SMILES string of the molecule is C=C(C)C(=O)OC(Cl)(Cl)c1cccc(Cl)c1Cl. The minimum Gasteiger partial charge on any atom is -0.421 e. The first-order valence-electron chi connectivity index (χ1n) is 4.47. The number of ether oxygens (including phenoxy) is 1. The van der Waals surface area contributed by atoms with Crippen molar-refractivity contribution in [1.82, 2.24) is 0 Å². The Labute approximate surface area is 119 Å². The molecule has 0 aromatic heterocycles. The van der Waals surface area contributed by atoms with Gasteiger partial charge in [-0.2, -0.15) is 0 Å². The average molecular weight is 314 g/mol. The highest BCUT2D eigenvalue weighted by molar-refractivity contribution is 6.50. The van der Waals surface area contributed by atoms with Gasteiger partial charge in [0.1, 0.15) is 0 Å². The minimum absolute atomic E-state index is 0.133. The van der Waals surface area contributed by atoms with Crippen LogP contribution in [0.5, 0.6) is 0 Å². The highest BCUT2D eigenvalue weighted by atomic mass is 35.5. The Morgan fingerprint density at radius 2 is 1.94 bits per heavy atom. The van der Waals surface area contributed by atoms with Crippen LogP contribution in [0.25, 0.3) is 0 Å². The second-order valence-electron chi connectivity index (χ2n) is 3.29. The molecular formula is C11H8Cl4O2. The maximum absolute atomic E-state index is 11.4. The summed E-state index contributed by atoms with van der Waals surface area (Å²) in [6, 6.07) is 4.68. The number of carbonyl (C=O) groups is 1. The summed E-state index contributed by atoms with van der Waals surface area (Å²) in [5.74, 6) is -0.717. The standard InChI is InChI=1S/C11H8Cl4O2/c1-6(2)10(16)17-11(14,15)7-4-3-5-8(12)9(7)13/h3-5H,1H2,2H3. The monoisotopic (exact) mass is 312 g/mol. The lowest BCUT2D eigenvalue weighted by atomic mass is 10.2. The highest BCUT2D eigenvalue weighted by Gasteiger charge is 2.34. The first-order valence-corrected chi connectivity index (χ1v) is 5.98. The van der Waals surface area contributed by atoms with Gasteiger partial charge in [0.2, 0.25) is 0 Å². The zero-order valence-electron chi connectivity index (χ0n) is 8.77. The van der Waals surface area contributed by atoms with Gasteiger partial charge in [0.25, 0.3) is 4.52 Å². The maximum Gasteiger partial charge on any atom is 0.336 e. The minimum atomic E-state index is -1.90.